The van der Waals surface area contributed by atoms with E-state index in [9.17, 15) is 0 Å². The van der Waals surface area contributed by atoms with Crippen molar-refractivity contribution in [1.82, 2.24) is 0 Å². The Bertz CT molecular complexity index is 635. The molecule has 0 N–H and O–H groups in total. The van der Waals surface area contributed by atoms with E-state index >= 15 is 0 Å². The normalized spacial score (nSPS) is 17.8. The summed E-state index contributed by atoms with van der Waals surface area (Å²) in [6.45, 7) is 7.14. The summed E-state index contributed by atoms with van der Waals surface area (Å²) in [7, 11) is 0. The van der Waals surface area contributed by atoms with Crippen molar-refractivity contribution < 1.29 is 4.74 Å². The van der Waals surface area contributed by atoms with E-state index in [1.165, 1.54) is 22.3 Å². The van der Waals surface area contributed by atoms with Crippen molar-refractivity contribution in [1.29, 1.82) is 0 Å². The first kappa shape index (κ1) is 12.9. The Kier molecular flexibility index (Phi) is 3.31. The smallest absolute Gasteiger partial charge is 0.216 e. The topological polar surface area (TPSA) is 21.6 Å². The van der Waals surface area contributed by atoms with Crippen LogP contribution in [0.4, 0.5) is 0 Å². The Balaban J connectivity index is 1.87. The lowest BCUT2D eigenvalue weighted by molar-refractivity contribution is 0.229. The molecule has 2 aromatic rings. The predicted molar refractivity (Wildman–Crippen MR) is 82.3 cm³/mol. The first-order valence-electron chi connectivity index (χ1n) is 6.99. The Morgan fingerprint density at radius 1 is 1.00 bits per heavy atom. The number of benzene rings is 2. The van der Waals surface area contributed by atoms with Crippen molar-refractivity contribution in [2.75, 3.05) is 6.54 Å². The number of aliphatic imine (C=N–C) groups is 1. The molecule has 1 heterocycles. The summed E-state index contributed by atoms with van der Waals surface area (Å²) in [5, 5.41) is 0. The lowest BCUT2D eigenvalue weighted by Gasteiger charge is -2.17. The Morgan fingerprint density at radius 2 is 1.65 bits per heavy atom. The van der Waals surface area contributed by atoms with Crippen LogP contribution in [0.2, 0.25) is 0 Å². The second kappa shape index (κ2) is 5.12. The van der Waals surface area contributed by atoms with Crippen molar-refractivity contribution in [2.45, 2.75) is 26.9 Å². The molecule has 0 aromatic heterocycles. The number of rotatable bonds is 2. The van der Waals surface area contributed by atoms with E-state index < -0.39 is 0 Å². The number of hydrogen-bond donors (Lipinski definition) is 0. The fourth-order valence-electron chi connectivity index (χ4n) is 2.96. The molecule has 20 heavy (non-hydrogen) atoms. The second-order valence-electron chi connectivity index (χ2n) is 5.43. The molecule has 0 saturated heterocycles. The van der Waals surface area contributed by atoms with Crippen LogP contribution >= 0.6 is 0 Å². The molecule has 0 bridgehead atoms. The van der Waals surface area contributed by atoms with Gasteiger partial charge < -0.3 is 4.74 Å². The van der Waals surface area contributed by atoms with Crippen LogP contribution in [-0.4, -0.2) is 12.4 Å². The highest BCUT2D eigenvalue weighted by Crippen LogP contribution is 2.30. The number of ether oxygens (including phenoxy) is 1. The average molecular weight is 265 g/mol. The average Bonchev–Trinajstić information content (AvgIpc) is 2.88. The molecule has 1 atom stereocenters. The van der Waals surface area contributed by atoms with Gasteiger partial charge in [0.1, 0.15) is 6.10 Å². The summed E-state index contributed by atoms with van der Waals surface area (Å²) in [6, 6.07) is 14.5. The molecule has 3 rings (SSSR count). The van der Waals surface area contributed by atoms with Gasteiger partial charge in [-0.2, -0.15) is 0 Å². The molecule has 2 aromatic carbocycles. The van der Waals surface area contributed by atoms with Gasteiger partial charge in [0.05, 0.1) is 6.54 Å². The van der Waals surface area contributed by atoms with Crippen LogP contribution in [0, 0.1) is 20.8 Å². The maximum absolute atomic E-state index is 6.09. The zero-order valence-electron chi connectivity index (χ0n) is 12.2. The first-order valence-corrected chi connectivity index (χ1v) is 6.99. The SMILES string of the molecule is Cc1cc(C)c(C2CN=C(c3ccccc3)O2)c(C)c1. The Hall–Kier alpha value is -2.09. The van der Waals surface area contributed by atoms with Gasteiger partial charge in [-0.15, -0.1) is 0 Å². The predicted octanol–water partition coefficient (Wildman–Crippen LogP) is 4.13. The van der Waals surface area contributed by atoms with Gasteiger partial charge in [-0.3, -0.25) is 0 Å². The summed E-state index contributed by atoms with van der Waals surface area (Å²) in [5.41, 5.74) is 6.21. The van der Waals surface area contributed by atoms with Gasteiger partial charge >= 0.3 is 0 Å². The third-order valence-corrected chi connectivity index (χ3v) is 3.74. The standard InChI is InChI=1S/C18H19NO/c1-12-9-13(2)17(14(3)10-12)16-11-19-18(20-16)15-7-5-4-6-8-15/h4-10,16H,11H2,1-3H3. The highest BCUT2D eigenvalue weighted by molar-refractivity contribution is 5.95. The van der Waals surface area contributed by atoms with Gasteiger partial charge in [-0.05, 0) is 44.0 Å². The zero-order valence-corrected chi connectivity index (χ0v) is 12.2. The lowest BCUT2D eigenvalue weighted by Crippen LogP contribution is -2.09. The highest BCUT2D eigenvalue weighted by Gasteiger charge is 2.25. The molecule has 0 aliphatic carbocycles. The summed E-state index contributed by atoms with van der Waals surface area (Å²) in [5.74, 6) is 0.759. The fourth-order valence-corrected chi connectivity index (χ4v) is 2.96. The number of nitrogens with zero attached hydrogens (tertiary/aromatic N) is 1. The largest absolute Gasteiger partial charge is 0.467 e. The molecule has 0 spiro atoms. The fraction of sp³-hybridized carbons (Fsp3) is 0.278. The van der Waals surface area contributed by atoms with Crippen LogP contribution in [0.25, 0.3) is 0 Å². The third kappa shape index (κ3) is 2.34. The third-order valence-electron chi connectivity index (χ3n) is 3.74. The minimum absolute atomic E-state index is 0.0470. The minimum Gasteiger partial charge on any atom is -0.467 e. The molecular weight excluding hydrogens is 246 g/mol. The minimum atomic E-state index is 0.0470. The zero-order chi connectivity index (χ0) is 14.1. The van der Waals surface area contributed by atoms with Crippen LogP contribution < -0.4 is 0 Å². The summed E-state index contributed by atoms with van der Waals surface area (Å²) in [6.07, 6.45) is 0.0470. The highest BCUT2D eigenvalue weighted by atomic mass is 16.5. The van der Waals surface area contributed by atoms with Gasteiger partial charge in [0.2, 0.25) is 5.90 Å². The van der Waals surface area contributed by atoms with Crippen molar-refractivity contribution in [3.8, 4) is 0 Å². The van der Waals surface area contributed by atoms with E-state index in [0.717, 1.165) is 11.5 Å². The van der Waals surface area contributed by atoms with Gasteiger partial charge in [0.25, 0.3) is 0 Å². The van der Waals surface area contributed by atoms with Crippen molar-refractivity contribution in [3.05, 3.63) is 70.3 Å². The van der Waals surface area contributed by atoms with Crippen LogP contribution in [0.5, 0.6) is 0 Å². The van der Waals surface area contributed by atoms with Crippen LogP contribution in [0.3, 0.4) is 0 Å². The molecule has 0 saturated carbocycles. The number of hydrogen-bond acceptors (Lipinski definition) is 2. The van der Waals surface area contributed by atoms with E-state index in [1.807, 2.05) is 30.3 Å². The molecule has 1 aliphatic heterocycles. The van der Waals surface area contributed by atoms with Crippen molar-refractivity contribution in [2.24, 2.45) is 4.99 Å². The summed E-state index contributed by atoms with van der Waals surface area (Å²) in [4.78, 5) is 4.56. The quantitative estimate of drug-likeness (QED) is 0.800. The Labute approximate surface area is 120 Å². The Morgan fingerprint density at radius 3 is 2.30 bits per heavy atom. The first-order chi connectivity index (χ1) is 9.65. The summed E-state index contributed by atoms with van der Waals surface area (Å²) >= 11 is 0. The second-order valence-corrected chi connectivity index (χ2v) is 5.43. The number of aryl methyl sites for hydroxylation is 3. The molecule has 0 fully saturated rings. The van der Waals surface area contributed by atoms with Crippen molar-refractivity contribution in [3.63, 3.8) is 0 Å². The van der Waals surface area contributed by atoms with Gasteiger partial charge in [-0.1, -0.05) is 35.9 Å². The maximum atomic E-state index is 6.09. The van der Waals surface area contributed by atoms with Gasteiger partial charge in [-0.25, -0.2) is 4.99 Å². The van der Waals surface area contributed by atoms with E-state index in [0.29, 0.717) is 6.54 Å². The van der Waals surface area contributed by atoms with Crippen molar-refractivity contribution >= 4 is 5.90 Å². The van der Waals surface area contributed by atoms with E-state index in [1.54, 1.807) is 0 Å². The maximum Gasteiger partial charge on any atom is 0.216 e. The molecule has 102 valence electrons. The van der Waals surface area contributed by atoms with Gasteiger partial charge in [0, 0.05) is 11.1 Å². The van der Waals surface area contributed by atoms with E-state index in [-0.39, 0.29) is 6.10 Å². The molecule has 1 aliphatic rings. The summed E-state index contributed by atoms with van der Waals surface area (Å²) < 4.78 is 6.09. The monoisotopic (exact) mass is 265 g/mol. The molecule has 2 heteroatoms. The van der Waals surface area contributed by atoms with Crippen LogP contribution in [0.15, 0.2) is 47.5 Å². The lowest BCUT2D eigenvalue weighted by atomic mass is 9.96. The molecular formula is C18H19NO. The van der Waals surface area contributed by atoms with Crippen LogP contribution in [0.1, 0.15) is 33.9 Å². The van der Waals surface area contributed by atoms with E-state index in [2.05, 4.69) is 37.9 Å². The van der Waals surface area contributed by atoms with Crippen LogP contribution in [-0.2, 0) is 4.74 Å². The van der Waals surface area contributed by atoms with Gasteiger partial charge in [0.15, 0.2) is 0 Å². The molecule has 1 unspecified atom stereocenters. The molecule has 2 nitrogen and oxygen atoms in total. The molecule has 0 radical (unpaired) electrons. The van der Waals surface area contributed by atoms with E-state index in [4.69, 9.17) is 4.74 Å². The molecule has 0 amide bonds.